The minimum atomic E-state index is -3.91. The number of aromatic hydroxyl groups is 2. The van der Waals surface area contributed by atoms with Crippen LogP contribution in [0, 0.1) is 0 Å². The van der Waals surface area contributed by atoms with E-state index in [9.17, 15) is 29.1 Å². The van der Waals surface area contributed by atoms with E-state index in [1.807, 2.05) is 83.1 Å². The third-order valence-electron chi connectivity index (χ3n) is 6.98. The van der Waals surface area contributed by atoms with Gasteiger partial charge in [0.2, 0.25) is 0 Å². The van der Waals surface area contributed by atoms with Crippen LogP contribution in [0.5, 0.6) is 11.5 Å². The topological polar surface area (TPSA) is 139 Å². The zero-order valence-electron chi connectivity index (χ0n) is 29.7. The fraction of sp³-hybridized carbons (Fsp3) is 0.647. The first-order valence-corrected chi connectivity index (χ1v) is 18.6. The molecule has 2 atom stereocenters. The minimum Gasteiger partial charge on any atom is -0.778 e. The summed E-state index contributed by atoms with van der Waals surface area (Å²) in [6.45, 7) is 27.6. The summed E-state index contributed by atoms with van der Waals surface area (Å²) in [6, 6.07) is 7.09. The fourth-order valence-electron chi connectivity index (χ4n) is 4.79. The van der Waals surface area contributed by atoms with Gasteiger partial charge in [-0.2, -0.15) is 0 Å². The molecule has 0 spiro atoms. The summed E-state index contributed by atoms with van der Waals surface area (Å²) in [6.07, 6.45) is -0.319. The van der Waals surface area contributed by atoms with Crippen LogP contribution >= 0.6 is 15.2 Å². The summed E-state index contributed by atoms with van der Waals surface area (Å²) in [5.41, 5.74) is 3.21. The zero-order chi connectivity index (χ0) is 34.7. The summed E-state index contributed by atoms with van der Waals surface area (Å²) in [7, 11) is -7.81. The molecule has 2 N–H and O–H groups in total. The summed E-state index contributed by atoms with van der Waals surface area (Å²) in [5, 5.41) is 21.2. The molecular formula is C34H56NiO8P2. The van der Waals surface area contributed by atoms with Crippen LogP contribution in [-0.2, 0) is 68.7 Å². The molecule has 0 bridgehead atoms. The molecule has 0 radical (unpaired) electrons. The molecule has 2 unspecified atom stereocenters. The smallest absolute Gasteiger partial charge is 0.778 e. The van der Waals surface area contributed by atoms with Gasteiger partial charge in [-0.1, -0.05) is 107 Å². The van der Waals surface area contributed by atoms with E-state index in [1.54, 1.807) is 38.1 Å². The largest absolute Gasteiger partial charge is 2.00 e. The number of phenolic OH excluding ortho intramolecular Hbond substituents is 2. The van der Waals surface area contributed by atoms with E-state index in [1.165, 1.54) is 0 Å². The molecule has 2 rings (SSSR count). The monoisotopic (exact) mass is 712 g/mol. The first-order valence-electron chi connectivity index (χ1n) is 15.2. The average Bonchev–Trinajstić information content (AvgIpc) is 2.78. The van der Waals surface area contributed by atoms with Crippen molar-refractivity contribution < 1.29 is 54.7 Å². The van der Waals surface area contributed by atoms with Crippen molar-refractivity contribution in [1.29, 1.82) is 0 Å². The fourth-order valence-corrected chi connectivity index (χ4v) is 7.02. The molecule has 0 saturated heterocycles. The van der Waals surface area contributed by atoms with Crippen molar-refractivity contribution in [1.82, 2.24) is 0 Å². The molecule has 11 heteroatoms. The standard InChI is InChI=1S/2C17H29O4P.Ni/c2*1-8-21-22(19,20)11-12-9-13(16(2,3)4)15(18)14(10-12)17(5,6)7;/h2*9-10,18H,8,11H2,1-7H3,(H,19,20);/q;;+2/p-2. The second-order valence-electron chi connectivity index (χ2n) is 15.5. The number of rotatable bonds is 8. The van der Waals surface area contributed by atoms with Crippen LogP contribution in [0.25, 0.3) is 0 Å². The maximum absolute atomic E-state index is 11.9. The molecule has 0 fully saturated rings. The van der Waals surface area contributed by atoms with Crippen molar-refractivity contribution in [2.45, 2.75) is 131 Å². The van der Waals surface area contributed by atoms with Gasteiger partial charge in [-0.05, 0) is 68.9 Å². The van der Waals surface area contributed by atoms with Crippen LogP contribution in [0.15, 0.2) is 24.3 Å². The van der Waals surface area contributed by atoms with Crippen molar-refractivity contribution in [2.24, 2.45) is 0 Å². The SMILES string of the molecule is CCOP(=O)([O-])Cc1cc(C(C)(C)C)c(O)c(C(C)(C)C)c1.CCOP(=O)([O-])Cc1cc(C(C)(C)C)c(O)c(C(C)(C)C)c1.[Ni+2]. The van der Waals surface area contributed by atoms with Crippen LogP contribution in [0.4, 0.5) is 0 Å². The van der Waals surface area contributed by atoms with Crippen molar-refractivity contribution in [3.8, 4) is 11.5 Å². The molecule has 0 heterocycles. The maximum Gasteiger partial charge on any atom is 2.00 e. The third kappa shape index (κ3) is 13.5. The molecule has 2 aromatic rings. The predicted octanol–water partition coefficient (Wildman–Crippen LogP) is 8.15. The third-order valence-corrected chi connectivity index (χ3v) is 9.78. The molecule has 0 amide bonds. The molecule has 8 nitrogen and oxygen atoms in total. The molecular weight excluding hydrogens is 657 g/mol. The quantitative estimate of drug-likeness (QED) is 0.207. The van der Waals surface area contributed by atoms with Crippen molar-refractivity contribution >= 4 is 15.2 Å². The molecule has 2 aromatic carbocycles. The van der Waals surface area contributed by atoms with E-state index >= 15 is 0 Å². The van der Waals surface area contributed by atoms with Crippen LogP contribution < -0.4 is 9.79 Å². The minimum absolute atomic E-state index is 0. The van der Waals surface area contributed by atoms with Gasteiger partial charge in [0.15, 0.2) is 0 Å². The molecule has 0 aliphatic carbocycles. The van der Waals surface area contributed by atoms with Gasteiger partial charge in [-0.3, -0.25) is 0 Å². The van der Waals surface area contributed by atoms with E-state index in [2.05, 4.69) is 0 Å². The van der Waals surface area contributed by atoms with Crippen LogP contribution in [0.2, 0.25) is 0 Å². The average molecular weight is 713 g/mol. The normalized spacial score (nSPS) is 15.3. The summed E-state index contributed by atoms with van der Waals surface area (Å²) in [4.78, 5) is 23.9. The van der Waals surface area contributed by atoms with E-state index in [0.717, 1.165) is 22.3 Å². The van der Waals surface area contributed by atoms with Gasteiger partial charge >= 0.3 is 16.5 Å². The van der Waals surface area contributed by atoms with Crippen LogP contribution in [0.1, 0.15) is 130 Å². The Morgan fingerprint density at radius 3 is 0.911 bits per heavy atom. The summed E-state index contributed by atoms with van der Waals surface area (Å²) in [5.74, 6) is 0.502. The van der Waals surface area contributed by atoms with E-state index < -0.39 is 15.2 Å². The van der Waals surface area contributed by atoms with Crippen LogP contribution in [0.3, 0.4) is 0 Å². The van der Waals surface area contributed by atoms with Gasteiger partial charge in [0.05, 0.1) is 13.2 Å². The molecule has 260 valence electrons. The van der Waals surface area contributed by atoms with Gasteiger partial charge in [0.25, 0.3) is 0 Å². The Kier molecular flexibility index (Phi) is 15.4. The Hall–Kier alpha value is -1.17. The van der Waals surface area contributed by atoms with Crippen LogP contribution in [-0.4, -0.2) is 23.4 Å². The number of phenols is 2. The maximum atomic E-state index is 11.9. The van der Waals surface area contributed by atoms with Gasteiger partial charge in [0.1, 0.15) is 26.7 Å². The van der Waals surface area contributed by atoms with Crippen molar-refractivity contribution in [3.05, 3.63) is 57.6 Å². The molecule has 0 saturated carbocycles. The van der Waals surface area contributed by atoms with Gasteiger partial charge in [0, 0.05) is 12.3 Å². The first kappa shape index (κ1) is 43.8. The summed E-state index contributed by atoms with van der Waals surface area (Å²) >= 11 is 0. The van der Waals surface area contributed by atoms with Crippen molar-refractivity contribution in [2.75, 3.05) is 13.2 Å². The van der Waals surface area contributed by atoms with E-state index in [0.29, 0.717) is 11.1 Å². The molecule has 45 heavy (non-hydrogen) atoms. The number of benzene rings is 2. The van der Waals surface area contributed by atoms with Gasteiger partial charge < -0.3 is 38.2 Å². The van der Waals surface area contributed by atoms with Crippen molar-refractivity contribution in [3.63, 3.8) is 0 Å². The Morgan fingerprint density at radius 2 is 0.756 bits per heavy atom. The molecule has 0 aliphatic heterocycles. The predicted molar refractivity (Wildman–Crippen MR) is 177 cm³/mol. The Labute approximate surface area is 282 Å². The number of hydrogen-bond donors (Lipinski definition) is 2. The van der Waals surface area contributed by atoms with Gasteiger partial charge in [-0.15, -0.1) is 0 Å². The second-order valence-corrected chi connectivity index (χ2v) is 19.0. The van der Waals surface area contributed by atoms with E-state index in [4.69, 9.17) is 9.05 Å². The number of hydrogen-bond acceptors (Lipinski definition) is 8. The van der Waals surface area contributed by atoms with E-state index in [-0.39, 0.29) is 75.2 Å². The second kappa shape index (κ2) is 15.8. The van der Waals surface area contributed by atoms with Gasteiger partial charge in [-0.25, -0.2) is 0 Å². The zero-order valence-corrected chi connectivity index (χ0v) is 32.5. The Balaban J connectivity index is 0.000000842. The molecule has 0 aromatic heterocycles. The molecule has 0 aliphatic rings. The Morgan fingerprint density at radius 1 is 0.556 bits per heavy atom. The summed E-state index contributed by atoms with van der Waals surface area (Å²) < 4.78 is 33.6. The first-order chi connectivity index (χ1) is 19.6. The Bertz CT molecular complexity index is 1200.